The van der Waals surface area contributed by atoms with Gasteiger partial charge in [-0.2, -0.15) is 0 Å². The highest BCUT2D eigenvalue weighted by atomic mass is 16.6. The van der Waals surface area contributed by atoms with Gasteiger partial charge < -0.3 is 14.2 Å². The van der Waals surface area contributed by atoms with Gasteiger partial charge in [0, 0.05) is 20.8 Å². The average Bonchev–Trinajstić information content (AvgIpc) is 2.52. The fourth-order valence-electron chi connectivity index (χ4n) is 1.09. The topological polar surface area (TPSA) is 78.9 Å². The lowest BCUT2D eigenvalue weighted by Gasteiger charge is -2.09. The minimum Gasteiger partial charge on any atom is -0.462 e. The summed E-state index contributed by atoms with van der Waals surface area (Å²) in [5.74, 6) is 18.5. The highest BCUT2D eigenvalue weighted by molar-refractivity contribution is 5.67. The summed E-state index contributed by atoms with van der Waals surface area (Å²) in [5, 5.41) is 0. The maximum Gasteiger partial charge on any atom is 0.303 e. The molecule has 0 aromatic heterocycles. The van der Waals surface area contributed by atoms with Crippen LogP contribution in [0.5, 0.6) is 0 Å². The Bertz CT molecular complexity index is 760. The normalized spacial score (nSPS) is 9.40. The molecule has 0 aromatic carbocycles. The molecule has 0 amide bonds. The van der Waals surface area contributed by atoms with Crippen molar-refractivity contribution in [3.8, 4) is 47.4 Å². The first-order valence-electron chi connectivity index (χ1n) is 7.01. The van der Waals surface area contributed by atoms with E-state index in [0.29, 0.717) is 0 Å². The zero-order valence-corrected chi connectivity index (χ0v) is 14.1. The van der Waals surface area contributed by atoms with Crippen LogP contribution in [-0.4, -0.2) is 37.2 Å². The molecule has 25 heavy (non-hydrogen) atoms. The highest BCUT2D eigenvalue weighted by Crippen LogP contribution is 1.93. The second-order valence-electron chi connectivity index (χ2n) is 4.14. The summed E-state index contributed by atoms with van der Waals surface area (Å²) in [5.41, 5.74) is 0. The summed E-state index contributed by atoms with van der Waals surface area (Å²) >= 11 is 0. The molecule has 0 rings (SSSR count). The van der Waals surface area contributed by atoms with Gasteiger partial charge in [-0.1, -0.05) is 5.92 Å². The van der Waals surface area contributed by atoms with Crippen molar-refractivity contribution < 1.29 is 28.6 Å². The third kappa shape index (κ3) is 16.6. The van der Waals surface area contributed by atoms with Crippen molar-refractivity contribution in [2.24, 2.45) is 0 Å². The first-order valence-corrected chi connectivity index (χ1v) is 7.01. The smallest absolute Gasteiger partial charge is 0.303 e. The number of ether oxygens (including phenoxy) is 3. The molecule has 0 aliphatic carbocycles. The summed E-state index contributed by atoms with van der Waals surface area (Å²) in [6.45, 7) is 3.76. The Labute approximate surface area is 146 Å². The lowest BCUT2D eigenvalue weighted by molar-refractivity contribution is -0.152. The standard InChI is InChI=1S/C19H16O6/c1-16(20)23-14-12-10-8-6-4-5-7-9-11-13-19(25-18(3)22)15-24-17(2)21/h10,12,19H,14-15H2,1-3H3/b12-10+/t19-/m0/s1. The number of esters is 3. The Kier molecular flexibility index (Phi) is 12.0. The van der Waals surface area contributed by atoms with Crippen molar-refractivity contribution in [2.45, 2.75) is 26.9 Å². The summed E-state index contributed by atoms with van der Waals surface area (Å²) in [6, 6.07) is 0. The number of carbonyl (C=O) groups excluding carboxylic acids is 3. The van der Waals surface area contributed by atoms with Crippen LogP contribution in [0, 0.1) is 47.4 Å². The van der Waals surface area contributed by atoms with Gasteiger partial charge in [0.05, 0.1) is 0 Å². The van der Waals surface area contributed by atoms with E-state index < -0.39 is 18.0 Å². The van der Waals surface area contributed by atoms with E-state index in [2.05, 4.69) is 52.1 Å². The third-order valence-corrected chi connectivity index (χ3v) is 1.95. The van der Waals surface area contributed by atoms with E-state index in [1.807, 2.05) is 0 Å². The van der Waals surface area contributed by atoms with Crippen molar-refractivity contribution in [1.29, 1.82) is 0 Å². The Morgan fingerprint density at radius 1 is 0.840 bits per heavy atom. The van der Waals surface area contributed by atoms with Gasteiger partial charge in [0.25, 0.3) is 0 Å². The minimum absolute atomic E-state index is 0.156. The molecular formula is C19H16O6. The van der Waals surface area contributed by atoms with Gasteiger partial charge in [0.15, 0.2) is 6.10 Å². The van der Waals surface area contributed by atoms with Crippen molar-refractivity contribution in [3.05, 3.63) is 12.2 Å². The van der Waals surface area contributed by atoms with Crippen molar-refractivity contribution in [1.82, 2.24) is 0 Å². The molecule has 6 heteroatoms. The zero-order valence-electron chi connectivity index (χ0n) is 14.1. The number of hydrogen-bond donors (Lipinski definition) is 0. The maximum atomic E-state index is 10.9. The highest BCUT2D eigenvalue weighted by Gasteiger charge is 2.10. The number of carbonyl (C=O) groups is 3. The van der Waals surface area contributed by atoms with Crippen molar-refractivity contribution in [2.75, 3.05) is 13.2 Å². The van der Waals surface area contributed by atoms with Crippen LogP contribution in [0.1, 0.15) is 20.8 Å². The summed E-state index contributed by atoms with van der Waals surface area (Å²) in [6.07, 6.45) is 2.19. The van der Waals surface area contributed by atoms with Crippen molar-refractivity contribution >= 4 is 17.9 Å². The monoisotopic (exact) mass is 340 g/mol. The molecule has 0 saturated heterocycles. The number of rotatable bonds is 5. The van der Waals surface area contributed by atoms with Gasteiger partial charge in [-0.25, -0.2) is 0 Å². The van der Waals surface area contributed by atoms with Crippen LogP contribution in [0.2, 0.25) is 0 Å². The van der Waals surface area contributed by atoms with E-state index in [9.17, 15) is 14.4 Å². The van der Waals surface area contributed by atoms with Crippen LogP contribution in [-0.2, 0) is 28.6 Å². The second-order valence-corrected chi connectivity index (χ2v) is 4.14. The molecule has 0 aliphatic heterocycles. The molecule has 0 radical (unpaired) electrons. The lowest BCUT2D eigenvalue weighted by atomic mass is 10.3. The SMILES string of the molecule is CC(=O)OC/C=C/C#CC#CC#CC#C[C@@H](COC(C)=O)OC(C)=O. The predicted molar refractivity (Wildman–Crippen MR) is 89.1 cm³/mol. The molecule has 128 valence electrons. The molecule has 0 aromatic rings. The molecule has 0 N–H and O–H groups in total. The molecule has 1 atom stereocenters. The summed E-state index contributed by atoms with van der Waals surface area (Å²) in [7, 11) is 0. The fraction of sp³-hybridized carbons (Fsp3) is 0.316. The fourth-order valence-corrected chi connectivity index (χ4v) is 1.09. The predicted octanol–water partition coefficient (Wildman–Crippen LogP) is 0.614. The molecule has 0 bridgehead atoms. The molecule has 0 spiro atoms. The summed E-state index contributed by atoms with van der Waals surface area (Å²) in [4.78, 5) is 32.1. The van der Waals surface area contributed by atoms with Crippen LogP contribution in [0.4, 0.5) is 0 Å². The molecule has 6 nitrogen and oxygen atoms in total. The Hall–Kier alpha value is -3.61. The van der Waals surface area contributed by atoms with E-state index >= 15 is 0 Å². The number of hydrogen-bond acceptors (Lipinski definition) is 6. The zero-order chi connectivity index (χ0) is 18.9. The van der Waals surface area contributed by atoms with Gasteiger partial charge in [0.2, 0.25) is 0 Å². The van der Waals surface area contributed by atoms with Crippen LogP contribution >= 0.6 is 0 Å². The Morgan fingerprint density at radius 2 is 1.44 bits per heavy atom. The third-order valence-electron chi connectivity index (χ3n) is 1.95. The van der Waals surface area contributed by atoms with Crippen molar-refractivity contribution in [3.63, 3.8) is 0 Å². The number of allylic oxidation sites excluding steroid dienone is 1. The van der Waals surface area contributed by atoms with Gasteiger partial charge in [-0.05, 0) is 53.6 Å². The van der Waals surface area contributed by atoms with E-state index in [0.717, 1.165) is 0 Å². The van der Waals surface area contributed by atoms with E-state index in [-0.39, 0.29) is 19.2 Å². The van der Waals surface area contributed by atoms with Crippen LogP contribution in [0.3, 0.4) is 0 Å². The van der Waals surface area contributed by atoms with Gasteiger partial charge in [-0.15, -0.1) is 0 Å². The lowest BCUT2D eigenvalue weighted by Crippen LogP contribution is -2.21. The van der Waals surface area contributed by atoms with E-state index in [4.69, 9.17) is 9.47 Å². The molecular weight excluding hydrogens is 324 g/mol. The quantitative estimate of drug-likeness (QED) is 0.415. The molecule has 0 fully saturated rings. The second kappa shape index (κ2) is 14.0. The molecule has 0 saturated carbocycles. The van der Waals surface area contributed by atoms with E-state index in [1.54, 1.807) is 6.08 Å². The summed E-state index contributed by atoms with van der Waals surface area (Å²) < 4.78 is 14.2. The first-order chi connectivity index (χ1) is 11.9. The Morgan fingerprint density at radius 3 is 2.04 bits per heavy atom. The van der Waals surface area contributed by atoms with Crippen LogP contribution in [0.15, 0.2) is 12.2 Å². The Balaban J connectivity index is 4.45. The molecule has 0 aliphatic rings. The molecule has 0 heterocycles. The molecule has 0 unspecified atom stereocenters. The van der Waals surface area contributed by atoms with Gasteiger partial charge >= 0.3 is 17.9 Å². The maximum absolute atomic E-state index is 10.9. The average molecular weight is 340 g/mol. The van der Waals surface area contributed by atoms with Gasteiger partial charge in [-0.3, -0.25) is 14.4 Å². The first kappa shape index (κ1) is 21.4. The van der Waals surface area contributed by atoms with Gasteiger partial charge in [0.1, 0.15) is 13.2 Å². The van der Waals surface area contributed by atoms with Crippen LogP contribution < -0.4 is 0 Å². The van der Waals surface area contributed by atoms with E-state index in [1.165, 1.54) is 26.8 Å². The minimum atomic E-state index is -0.884. The largest absolute Gasteiger partial charge is 0.462 e. The van der Waals surface area contributed by atoms with Crippen LogP contribution in [0.25, 0.3) is 0 Å².